The fourth-order valence-corrected chi connectivity index (χ4v) is 2.82. The number of allylic oxidation sites excluding steroid dienone is 8. The van der Waals surface area contributed by atoms with Crippen molar-refractivity contribution in [3.8, 4) is 0 Å². The van der Waals surface area contributed by atoms with Crippen LogP contribution in [0.4, 0.5) is 0 Å². The number of rotatable bonds is 18. The van der Waals surface area contributed by atoms with Gasteiger partial charge >= 0.3 is 0 Å². The Morgan fingerprint density at radius 2 is 1.30 bits per heavy atom. The third-order valence-electron chi connectivity index (χ3n) is 4.55. The predicted molar refractivity (Wildman–Crippen MR) is 119 cm³/mol. The highest BCUT2D eigenvalue weighted by molar-refractivity contribution is 5.76. The van der Waals surface area contributed by atoms with Crippen LogP contribution in [0.5, 0.6) is 0 Å². The van der Waals surface area contributed by atoms with Gasteiger partial charge in [-0.2, -0.15) is 0 Å². The van der Waals surface area contributed by atoms with Gasteiger partial charge < -0.3 is 11.5 Å². The van der Waals surface area contributed by atoms with E-state index in [0.29, 0.717) is 6.54 Å². The smallest absolute Gasteiger partial charge is 0.220 e. The summed E-state index contributed by atoms with van der Waals surface area (Å²) in [6.45, 7) is 2.92. The Morgan fingerprint density at radius 1 is 0.741 bits per heavy atom. The quantitative estimate of drug-likeness (QED) is 0.229. The van der Waals surface area contributed by atoms with Gasteiger partial charge in [-0.1, -0.05) is 74.8 Å². The molecule has 0 spiro atoms. The first-order valence-electron chi connectivity index (χ1n) is 10.8. The lowest BCUT2D eigenvalue weighted by atomic mass is 9.96. The molecule has 0 aromatic heterocycles. The van der Waals surface area contributed by atoms with E-state index in [1.807, 2.05) is 0 Å². The first-order chi connectivity index (χ1) is 13.2. The summed E-state index contributed by atoms with van der Waals surface area (Å²) < 4.78 is 0. The minimum Gasteiger partial charge on any atom is -0.369 e. The third kappa shape index (κ3) is 19.0. The van der Waals surface area contributed by atoms with Crippen LogP contribution >= 0.6 is 0 Å². The first-order valence-corrected chi connectivity index (χ1v) is 10.8. The number of carbonyl (C=O) groups is 1. The van der Waals surface area contributed by atoms with Gasteiger partial charge in [-0.3, -0.25) is 4.79 Å². The Hall–Kier alpha value is -1.61. The molecular weight excluding hydrogens is 332 g/mol. The van der Waals surface area contributed by atoms with Gasteiger partial charge in [0, 0.05) is 5.92 Å². The fourth-order valence-electron chi connectivity index (χ4n) is 2.82. The van der Waals surface area contributed by atoms with Crippen LogP contribution in [0.3, 0.4) is 0 Å². The average molecular weight is 375 g/mol. The van der Waals surface area contributed by atoms with Crippen molar-refractivity contribution in [2.24, 2.45) is 17.4 Å². The van der Waals surface area contributed by atoms with Gasteiger partial charge in [0.25, 0.3) is 0 Å². The highest BCUT2D eigenvalue weighted by atomic mass is 16.1. The zero-order valence-corrected chi connectivity index (χ0v) is 17.5. The average Bonchev–Trinajstić information content (AvgIpc) is 2.66. The number of carbonyl (C=O) groups excluding carboxylic acids is 1. The van der Waals surface area contributed by atoms with Crippen molar-refractivity contribution in [2.75, 3.05) is 6.54 Å². The van der Waals surface area contributed by atoms with Gasteiger partial charge in [0.1, 0.15) is 0 Å². The molecule has 0 aliphatic heterocycles. The lowest BCUT2D eigenvalue weighted by Crippen LogP contribution is -2.23. The lowest BCUT2D eigenvalue weighted by molar-refractivity contribution is -0.122. The molecule has 0 heterocycles. The molecule has 0 radical (unpaired) electrons. The van der Waals surface area contributed by atoms with Crippen molar-refractivity contribution in [1.82, 2.24) is 0 Å². The van der Waals surface area contributed by atoms with E-state index in [0.717, 1.165) is 51.4 Å². The second-order valence-corrected chi connectivity index (χ2v) is 7.05. The van der Waals surface area contributed by atoms with E-state index >= 15 is 0 Å². The maximum Gasteiger partial charge on any atom is 0.220 e. The minimum atomic E-state index is -0.178. The van der Waals surface area contributed by atoms with Crippen LogP contribution in [0.1, 0.15) is 84.0 Å². The molecule has 0 bridgehead atoms. The van der Waals surface area contributed by atoms with E-state index in [1.54, 1.807) is 0 Å². The zero-order chi connectivity index (χ0) is 20.0. The van der Waals surface area contributed by atoms with Crippen LogP contribution in [0.15, 0.2) is 48.6 Å². The zero-order valence-electron chi connectivity index (χ0n) is 17.5. The highest BCUT2D eigenvalue weighted by Gasteiger charge is 2.13. The molecule has 154 valence electrons. The van der Waals surface area contributed by atoms with Gasteiger partial charge in [-0.15, -0.1) is 0 Å². The molecule has 0 saturated carbocycles. The maximum atomic E-state index is 11.4. The summed E-state index contributed by atoms with van der Waals surface area (Å²) in [6.07, 6.45) is 30.4. The normalized spacial score (nSPS) is 13.6. The summed E-state index contributed by atoms with van der Waals surface area (Å²) in [5, 5.41) is 0. The summed E-state index contributed by atoms with van der Waals surface area (Å²) in [7, 11) is 0. The minimum absolute atomic E-state index is 0.0115. The Balaban J connectivity index is 3.68. The lowest BCUT2D eigenvalue weighted by Gasteiger charge is -2.11. The van der Waals surface area contributed by atoms with E-state index in [-0.39, 0.29) is 11.8 Å². The van der Waals surface area contributed by atoms with Crippen molar-refractivity contribution >= 4 is 5.91 Å². The van der Waals surface area contributed by atoms with Gasteiger partial charge in [-0.25, -0.2) is 0 Å². The second kappa shape index (κ2) is 20.7. The van der Waals surface area contributed by atoms with Crippen LogP contribution in [-0.4, -0.2) is 12.5 Å². The van der Waals surface area contributed by atoms with Crippen LogP contribution in [-0.2, 0) is 4.79 Å². The number of amides is 1. The maximum absolute atomic E-state index is 11.4. The Morgan fingerprint density at radius 3 is 1.81 bits per heavy atom. The van der Waals surface area contributed by atoms with Crippen molar-refractivity contribution in [3.63, 3.8) is 0 Å². The summed E-state index contributed by atoms with van der Waals surface area (Å²) in [6, 6.07) is 0. The monoisotopic (exact) mass is 374 g/mol. The number of hydrogen-bond acceptors (Lipinski definition) is 2. The molecule has 0 saturated heterocycles. The largest absolute Gasteiger partial charge is 0.369 e. The van der Waals surface area contributed by atoms with Crippen molar-refractivity contribution in [3.05, 3.63) is 48.6 Å². The Kier molecular flexibility index (Phi) is 19.5. The summed E-state index contributed by atoms with van der Waals surface area (Å²) in [4.78, 5) is 11.4. The third-order valence-corrected chi connectivity index (χ3v) is 4.55. The predicted octanol–water partition coefficient (Wildman–Crippen LogP) is 5.97. The Labute approximate surface area is 167 Å². The summed E-state index contributed by atoms with van der Waals surface area (Å²) in [5.41, 5.74) is 11.0. The molecule has 0 fully saturated rings. The van der Waals surface area contributed by atoms with E-state index < -0.39 is 0 Å². The number of hydrogen-bond donors (Lipinski definition) is 2. The molecule has 0 aliphatic rings. The molecule has 1 amide bonds. The van der Waals surface area contributed by atoms with Crippen molar-refractivity contribution in [1.29, 1.82) is 0 Å². The number of nitrogens with two attached hydrogens (primary N) is 2. The van der Waals surface area contributed by atoms with Gasteiger partial charge in [-0.05, 0) is 64.3 Å². The van der Waals surface area contributed by atoms with Crippen LogP contribution < -0.4 is 11.5 Å². The van der Waals surface area contributed by atoms with Crippen LogP contribution in [0, 0.1) is 5.92 Å². The molecule has 0 aromatic rings. The molecular formula is C24H42N2O. The molecule has 3 nitrogen and oxygen atoms in total. The molecule has 27 heavy (non-hydrogen) atoms. The van der Waals surface area contributed by atoms with Crippen molar-refractivity contribution < 1.29 is 4.79 Å². The fraction of sp³-hybridized carbons (Fsp3) is 0.625. The standard InChI is InChI=1S/C24H42N2O/c1-2-3-4-5-6-7-8-9-10-11-12-13-14-15-16-17-20-23(24(26)27)21-18-19-22-25/h6-7,9-10,12-13,15-16,23H,2-5,8,11,14,17-22,25H2,1H3,(H2,26,27)/b7-6-,10-9-,13-12-,16-15-. The topological polar surface area (TPSA) is 69.1 Å². The number of unbranched alkanes of at least 4 members (excludes halogenated alkanes) is 4. The second-order valence-electron chi connectivity index (χ2n) is 7.05. The van der Waals surface area contributed by atoms with E-state index in [2.05, 4.69) is 55.5 Å². The van der Waals surface area contributed by atoms with E-state index in [4.69, 9.17) is 11.5 Å². The van der Waals surface area contributed by atoms with Crippen LogP contribution in [0.25, 0.3) is 0 Å². The molecule has 1 atom stereocenters. The van der Waals surface area contributed by atoms with Crippen molar-refractivity contribution in [2.45, 2.75) is 84.0 Å². The summed E-state index contributed by atoms with van der Waals surface area (Å²) >= 11 is 0. The van der Waals surface area contributed by atoms with Gasteiger partial charge in [0.2, 0.25) is 5.91 Å². The summed E-state index contributed by atoms with van der Waals surface area (Å²) in [5.74, 6) is -0.189. The highest BCUT2D eigenvalue weighted by Crippen LogP contribution is 2.14. The van der Waals surface area contributed by atoms with Gasteiger partial charge in [0.05, 0.1) is 0 Å². The van der Waals surface area contributed by atoms with Gasteiger partial charge in [0.15, 0.2) is 0 Å². The first kappa shape index (κ1) is 25.4. The number of primary amides is 1. The SMILES string of the molecule is CCCCC/C=C\C/C=C\C/C=C\C/C=C\CCC(CCCCN)C(N)=O. The molecule has 4 N–H and O–H groups in total. The molecule has 0 rings (SSSR count). The van der Waals surface area contributed by atoms with E-state index in [1.165, 1.54) is 25.7 Å². The molecule has 1 unspecified atom stereocenters. The molecule has 0 aromatic carbocycles. The van der Waals surface area contributed by atoms with E-state index in [9.17, 15) is 4.79 Å². The molecule has 3 heteroatoms. The Bertz CT molecular complexity index is 449. The molecule has 0 aliphatic carbocycles. The van der Waals surface area contributed by atoms with Crippen LogP contribution in [0.2, 0.25) is 0 Å².